The SMILES string of the molecule is Cn1c2nc(CCc3ccn[nH]3)sc2c2cnn(Cc3cccc(N)n3)c(=O)c21. The largest absolute Gasteiger partial charge is 0.384 e. The van der Waals surface area contributed by atoms with Gasteiger partial charge in [0.1, 0.15) is 11.3 Å². The van der Waals surface area contributed by atoms with Gasteiger partial charge in [-0.15, -0.1) is 11.3 Å². The Morgan fingerprint density at radius 1 is 1.21 bits per heavy atom. The van der Waals surface area contributed by atoms with Crippen LogP contribution < -0.4 is 11.3 Å². The zero-order valence-corrected chi connectivity index (χ0v) is 16.5. The molecule has 0 amide bonds. The van der Waals surface area contributed by atoms with Gasteiger partial charge in [0.2, 0.25) is 0 Å². The number of anilines is 1. The molecule has 0 unspecified atom stereocenters. The van der Waals surface area contributed by atoms with E-state index >= 15 is 0 Å². The molecule has 0 saturated carbocycles. The van der Waals surface area contributed by atoms with Crippen LogP contribution in [0.1, 0.15) is 16.4 Å². The Labute approximate surface area is 168 Å². The van der Waals surface area contributed by atoms with Crippen molar-refractivity contribution in [3.05, 3.63) is 63.4 Å². The van der Waals surface area contributed by atoms with Gasteiger partial charge in [-0.05, 0) is 24.6 Å². The zero-order valence-electron chi connectivity index (χ0n) is 15.7. The van der Waals surface area contributed by atoms with E-state index in [-0.39, 0.29) is 12.1 Å². The Bertz CT molecular complexity index is 1380. The number of nitrogen functional groups attached to an aromatic ring is 1. The predicted octanol–water partition coefficient (Wildman–Crippen LogP) is 1.88. The van der Waals surface area contributed by atoms with Gasteiger partial charge in [-0.2, -0.15) is 10.2 Å². The van der Waals surface area contributed by atoms with Crippen LogP contribution in [-0.2, 0) is 26.4 Å². The number of hydrogen-bond donors (Lipinski definition) is 2. The number of pyridine rings is 1. The predicted molar refractivity (Wildman–Crippen MR) is 112 cm³/mol. The van der Waals surface area contributed by atoms with E-state index in [1.165, 1.54) is 4.68 Å². The lowest BCUT2D eigenvalue weighted by Crippen LogP contribution is -2.25. The van der Waals surface area contributed by atoms with Crippen molar-refractivity contribution in [1.82, 2.24) is 34.5 Å². The average molecular weight is 406 g/mol. The fraction of sp³-hybridized carbons (Fsp3) is 0.211. The van der Waals surface area contributed by atoms with Crippen molar-refractivity contribution in [2.24, 2.45) is 7.05 Å². The summed E-state index contributed by atoms with van der Waals surface area (Å²) in [6.45, 7) is 0.265. The van der Waals surface area contributed by atoms with Gasteiger partial charge in [0.05, 0.1) is 28.1 Å². The number of nitrogens with one attached hydrogen (secondary N) is 1. The molecule has 0 atom stereocenters. The molecule has 0 aliphatic carbocycles. The van der Waals surface area contributed by atoms with Crippen molar-refractivity contribution >= 4 is 38.4 Å². The monoisotopic (exact) mass is 406 g/mol. The van der Waals surface area contributed by atoms with E-state index in [9.17, 15) is 4.79 Å². The second kappa shape index (κ2) is 6.82. The fourth-order valence-electron chi connectivity index (χ4n) is 3.46. The number of fused-ring (bicyclic) bond motifs is 3. The summed E-state index contributed by atoms with van der Waals surface area (Å²) in [6.07, 6.45) is 5.14. The number of hydrogen-bond acceptors (Lipinski definition) is 7. The van der Waals surface area contributed by atoms with Gasteiger partial charge in [-0.25, -0.2) is 14.6 Å². The van der Waals surface area contributed by atoms with Crippen molar-refractivity contribution in [3.63, 3.8) is 0 Å². The lowest BCUT2D eigenvalue weighted by Gasteiger charge is -2.05. The normalized spacial score (nSPS) is 11.6. The first-order chi connectivity index (χ1) is 14.1. The minimum Gasteiger partial charge on any atom is -0.384 e. The molecule has 0 radical (unpaired) electrons. The first kappa shape index (κ1) is 17.6. The van der Waals surface area contributed by atoms with E-state index in [1.807, 2.05) is 29.8 Å². The number of H-pyrrole nitrogens is 1. The summed E-state index contributed by atoms with van der Waals surface area (Å²) in [5.41, 5.74) is 8.74. The number of aryl methyl sites for hydroxylation is 3. The van der Waals surface area contributed by atoms with Crippen LogP contribution >= 0.6 is 11.3 Å². The lowest BCUT2D eigenvalue weighted by molar-refractivity contribution is 0.633. The maximum absolute atomic E-state index is 13.1. The molecule has 146 valence electrons. The highest BCUT2D eigenvalue weighted by Crippen LogP contribution is 2.31. The highest BCUT2D eigenvalue weighted by molar-refractivity contribution is 7.19. The molecular weight excluding hydrogens is 388 g/mol. The van der Waals surface area contributed by atoms with Crippen LogP contribution in [0.4, 0.5) is 5.82 Å². The second-order valence-electron chi connectivity index (χ2n) is 6.82. The minimum absolute atomic E-state index is 0.168. The van der Waals surface area contributed by atoms with E-state index < -0.39 is 0 Å². The molecule has 10 heteroatoms. The first-order valence-corrected chi connectivity index (χ1v) is 9.95. The molecule has 0 bridgehead atoms. The van der Waals surface area contributed by atoms with Crippen LogP contribution in [0.2, 0.25) is 0 Å². The standard InChI is InChI=1S/C19H18N8OS/c1-26-16-13(9-22-27(19(16)28)10-12-3-2-4-14(20)23-12)17-18(26)24-15(29-17)6-5-11-7-8-21-25-11/h2-4,7-9H,5-6,10H2,1H3,(H2,20,23)(H,21,25). The summed E-state index contributed by atoms with van der Waals surface area (Å²) in [4.78, 5) is 22.1. The molecule has 0 aliphatic heterocycles. The quantitative estimate of drug-likeness (QED) is 0.460. The van der Waals surface area contributed by atoms with E-state index in [4.69, 9.17) is 10.7 Å². The van der Waals surface area contributed by atoms with Crippen LogP contribution in [0.5, 0.6) is 0 Å². The molecule has 5 rings (SSSR count). The summed E-state index contributed by atoms with van der Waals surface area (Å²) in [5.74, 6) is 0.419. The number of nitrogens with two attached hydrogens (primary N) is 1. The van der Waals surface area contributed by atoms with Crippen molar-refractivity contribution in [2.75, 3.05) is 5.73 Å². The van der Waals surface area contributed by atoms with Crippen molar-refractivity contribution in [2.45, 2.75) is 19.4 Å². The van der Waals surface area contributed by atoms with Gasteiger partial charge < -0.3 is 10.3 Å². The zero-order chi connectivity index (χ0) is 20.0. The number of rotatable bonds is 5. The molecule has 29 heavy (non-hydrogen) atoms. The molecule has 0 fully saturated rings. The van der Waals surface area contributed by atoms with Crippen molar-refractivity contribution < 1.29 is 0 Å². The molecule has 0 spiro atoms. The van der Waals surface area contributed by atoms with Crippen molar-refractivity contribution in [3.8, 4) is 0 Å². The van der Waals surface area contributed by atoms with Gasteiger partial charge in [-0.1, -0.05) is 6.07 Å². The summed E-state index contributed by atoms with van der Waals surface area (Å²) in [5, 5.41) is 13.2. The van der Waals surface area contributed by atoms with Gasteiger partial charge in [0.15, 0.2) is 5.65 Å². The van der Waals surface area contributed by atoms with E-state index in [1.54, 1.807) is 29.8 Å². The number of nitrogens with zero attached hydrogens (tertiary/aromatic N) is 6. The second-order valence-corrected chi connectivity index (χ2v) is 7.91. The van der Waals surface area contributed by atoms with Crippen LogP contribution in [0.15, 0.2) is 41.5 Å². The van der Waals surface area contributed by atoms with E-state index in [0.29, 0.717) is 17.0 Å². The number of thiazole rings is 1. The number of aromatic amines is 1. The van der Waals surface area contributed by atoms with E-state index in [0.717, 1.165) is 39.3 Å². The summed E-state index contributed by atoms with van der Waals surface area (Å²) >= 11 is 1.61. The summed E-state index contributed by atoms with van der Waals surface area (Å²) in [6, 6.07) is 7.31. The van der Waals surface area contributed by atoms with Gasteiger partial charge in [0.25, 0.3) is 5.56 Å². The fourth-order valence-corrected chi connectivity index (χ4v) is 4.56. The maximum Gasteiger partial charge on any atom is 0.291 e. The summed E-state index contributed by atoms with van der Waals surface area (Å²) in [7, 11) is 1.87. The lowest BCUT2D eigenvalue weighted by atomic mass is 10.2. The highest BCUT2D eigenvalue weighted by atomic mass is 32.1. The third kappa shape index (κ3) is 3.07. The van der Waals surface area contributed by atoms with E-state index in [2.05, 4.69) is 20.3 Å². The number of aromatic nitrogens is 7. The van der Waals surface area contributed by atoms with Gasteiger partial charge in [0, 0.05) is 30.7 Å². The smallest absolute Gasteiger partial charge is 0.291 e. The van der Waals surface area contributed by atoms with Crippen LogP contribution in [-0.4, -0.2) is 34.5 Å². The van der Waals surface area contributed by atoms with Gasteiger partial charge in [-0.3, -0.25) is 9.89 Å². The van der Waals surface area contributed by atoms with Crippen molar-refractivity contribution in [1.29, 1.82) is 0 Å². The topological polar surface area (TPSA) is 120 Å². The summed E-state index contributed by atoms with van der Waals surface area (Å²) < 4.78 is 4.25. The Morgan fingerprint density at radius 3 is 2.90 bits per heavy atom. The maximum atomic E-state index is 13.1. The third-order valence-electron chi connectivity index (χ3n) is 4.88. The molecular formula is C19H18N8OS. The Hall–Kier alpha value is -3.53. The Balaban J connectivity index is 1.52. The molecule has 5 aromatic heterocycles. The molecule has 9 nitrogen and oxygen atoms in total. The van der Waals surface area contributed by atoms with Gasteiger partial charge >= 0.3 is 0 Å². The molecule has 3 N–H and O–H groups in total. The molecule has 0 saturated heterocycles. The average Bonchev–Trinajstić information content (AvgIpc) is 3.41. The van der Waals surface area contributed by atoms with Crippen LogP contribution in [0.3, 0.4) is 0 Å². The molecule has 0 aliphatic rings. The molecule has 0 aromatic carbocycles. The molecule has 5 heterocycles. The minimum atomic E-state index is -0.168. The Kier molecular flexibility index (Phi) is 4.13. The molecule has 5 aromatic rings. The Morgan fingerprint density at radius 2 is 2.10 bits per heavy atom. The first-order valence-electron chi connectivity index (χ1n) is 9.14. The van der Waals surface area contributed by atoms with Crippen LogP contribution in [0, 0.1) is 0 Å². The third-order valence-corrected chi connectivity index (χ3v) is 6.01. The highest BCUT2D eigenvalue weighted by Gasteiger charge is 2.18. The van der Waals surface area contributed by atoms with Crippen LogP contribution in [0.25, 0.3) is 21.3 Å².